The summed E-state index contributed by atoms with van der Waals surface area (Å²) in [6.07, 6.45) is 4.67. The quantitative estimate of drug-likeness (QED) is 0.766. The van der Waals surface area contributed by atoms with Gasteiger partial charge in [0.05, 0.1) is 12.0 Å². The Bertz CT molecular complexity index is 715. The van der Waals surface area contributed by atoms with Crippen molar-refractivity contribution in [3.05, 3.63) is 47.5 Å². The number of benzene rings is 1. The van der Waals surface area contributed by atoms with E-state index in [9.17, 15) is 0 Å². The lowest BCUT2D eigenvalue weighted by Gasteiger charge is -2.31. The zero-order valence-corrected chi connectivity index (χ0v) is 16.0. The lowest BCUT2D eigenvalue weighted by molar-refractivity contribution is 0.129. The highest BCUT2D eigenvalue weighted by Crippen LogP contribution is 2.52. The van der Waals surface area contributed by atoms with E-state index in [1.165, 1.54) is 37.1 Å². The largest absolute Gasteiger partial charge is 0.383 e. The number of hydrogen-bond donors (Lipinski definition) is 0. The van der Waals surface area contributed by atoms with E-state index in [1.54, 1.807) is 7.11 Å². The van der Waals surface area contributed by atoms with Gasteiger partial charge in [-0.15, -0.1) is 0 Å². The Labute approximate surface area is 156 Å². The van der Waals surface area contributed by atoms with Crippen molar-refractivity contribution in [1.82, 2.24) is 19.7 Å². The van der Waals surface area contributed by atoms with E-state index in [4.69, 9.17) is 14.8 Å². The first-order valence-electron chi connectivity index (χ1n) is 9.99. The average molecular weight is 354 g/mol. The second kappa shape index (κ2) is 7.49. The third-order valence-electron chi connectivity index (χ3n) is 6.07. The van der Waals surface area contributed by atoms with Crippen LogP contribution in [0.5, 0.6) is 0 Å². The van der Waals surface area contributed by atoms with Crippen molar-refractivity contribution in [2.45, 2.75) is 50.5 Å². The van der Waals surface area contributed by atoms with E-state index in [0.29, 0.717) is 5.92 Å². The number of hydrogen-bond acceptors (Lipinski definition) is 4. The number of nitrogens with zero attached hydrogens (tertiary/aromatic N) is 4. The summed E-state index contributed by atoms with van der Waals surface area (Å²) in [5.74, 6) is 2.78. The van der Waals surface area contributed by atoms with Gasteiger partial charge in [0.2, 0.25) is 0 Å². The summed E-state index contributed by atoms with van der Waals surface area (Å²) in [5, 5.41) is 4.96. The molecule has 4 rings (SSSR count). The smallest absolute Gasteiger partial charge is 0.161 e. The monoisotopic (exact) mass is 354 g/mol. The number of likely N-dealkylation sites (tertiary alicyclic amines) is 1. The molecule has 2 aliphatic rings. The Hall–Kier alpha value is -1.72. The van der Waals surface area contributed by atoms with Crippen LogP contribution in [0.1, 0.15) is 55.7 Å². The summed E-state index contributed by atoms with van der Waals surface area (Å²) < 4.78 is 7.37. The van der Waals surface area contributed by atoms with E-state index in [2.05, 4.69) is 46.8 Å². The van der Waals surface area contributed by atoms with Crippen LogP contribution >= 0.6 is 0 Å². The van der Waals surface area contributed by atoms with Gasteiger partial charge in [0.15, 0.2) is 5.82 Å². The van der Waals surface area contributed by atoms with Gasteiger partial charge in [0, 0.05) is 26.1 Å². The molecule has 26 heavy (non-hydrogen) atoms. The number of aryl methyl sites for hydroxylation is 1. The molecule has 0 N–H and O–H groups in total. The Morgan fingerprint density at radius 2 is 1.88 bits per heavy atom. The second-order valence-corrected chi connectivity index (χ2v) is 7.67. The van der Waals surface area contributed by atoms with Crippen LogP contribution in [0.4, 0.5) is 0 Å². The van der Waals surface area contributed by atoms with Crippen LogP contribution in [0.25, 0.3) is 0 Å². The summed E-state index contributed by atoms with van der Waals surface area (Å²) in [7, 11) is 1.78. The van der Waals surface area contributed by atoms with Crippen molar-refractivity contribution in [2.75, 3.05) is 33.4 Å². The first-order chi connectivity index (χ1) is 12.8. The lowest BCUT2D eigenvalue weighted by atomic mass is 9.94. The maximum Gasteiger partial charge on any atom is 0.161 e. The third-order valence-corrected chi connectivity index (χ3v) is 6.07. The summed E-state index contributed by atoms with van der Waals surface area (Å²) in [5.41, 5.74) is 1.43. The molecule has 5 heteroatoms. The molecule has 1 aliphatic heterocycles. The fourth-order valence-electron chi connectivity index (χ4n) is 4.25. The van der Waals surface area contributed by atoms with Crippen LogP contribution < -0.4 is 0 Å². The van der Waals surface area contributed by atoms with Gasteiger partial charge in [0.25, 0.3) is 0 Å². The Balaban J connectivity index is 1.52. The first-order valence-corrected chi connectivity index (χ1v) is 9.99. The summed E-state index contributed by atoms with van der Waals surface area (Å²) in [6.45, 7) is 7.19. The molecule has 0 unspecified atom stereocenters. The number of rotatable bonds is 7. The van der Waals surface area contributed by atoms with Gasteiger partial charge in [0.1, 0.15) is 5.82 Å². The number of ether oxygens (including phenoxy) is 1. The minimum atomic E-state index is 0.0651. The Kier molecular flexibility index (Phi) is 5.09. The van der Waals surface area contributed by atoms with Gasteiger partial charge in [-0.1, -0.05) is 30.3 Å². The maximum absolute atomic E-state index is 5.21. The highest BCUT2D eigenvalue weighted by molar-refractivity contribution is 5.39. The Morgan fingerprint density at radius 3 is 2.50 bits per heavy atom. The van der Waals surface area contributed by atoms with Crippen molar-refractivity contribution in [1.29, 1.82) is 0 Å². The normalized spacial score (nSPS) is 20.4. The molecule has 1 aromatic heterocycles. The third kappa shape index (κ3) is 3.30. The SMILES string of the molecule is CCn1nc(C2(c3ccccc3)CC2)nc1C1CCN(CCOC)CC1. The highest BCUT2D eigenvalue weighted by Gasteiger charge is 2.49. The van der Waals surface area contributed by atoms with E-state index >= 15 is 0 Å². The molecule has 0 atom stereocenters. The molecule has 1 aliphatic carbocycles. The van der Waals surface area contributed by atoms with Gasteiger partial charge >= 0.3 is 0 Å². The fraction of sp³-hybridized carbons (Fsp3) is 0.619. The van der Waals surface area contributed by atoms with Crippen LogP contribution in [0.2, 0.25) is 0 Å². The average Bonchev–Trinajstić information content (AvgIpc) is 3.40. The van der Waals surface area contributed by atoms with E-state index in [0.717, 1.165) is 38.6 Å². The van der Waals surface area contributed by atoms with Crippen LogP contribution in [0.3, 0.4) is 0 Å². The standard InChI is InChI=1S/C21H30N4O/c1-3-25-19(17-9-13-24(14-10-17)15-16-26-2)22-20(23-25)21(11-12-21)18-7-5-4-6-8-18/h4-8,17H,3,9-16H2,1-2H3. The van der Waals surface area contributed by atoms with Gasteiger partial charge < -0.3 is 9.64 Å². The molecule has 0 radical (unpaired) electrons. The lowest BCUT2D eigenvalue weighted by Crippen LogP contribution is -2.35. The van der Waals surface area contributed by atoms with Crippen molar-refractivity contribution in [3.8, 4) is 0 Å². The van der Waals surface area contributed by atoms with Crippen LogP contribution in [-0.4, -0.2) is 53.0 Å². The predicted molar refractivity (Wildman–Crippen MR) is 102 cm³/mol. The van der Waals surface area contributed by atoms with Crippen molar-refractivity contribution < 1.29 is 4.74 Å². The molecule has 5 nitrogen and oxygen atoms in total. The molecule has 2 aromatic rings. The van der Waals surface area contributed by atoms with Crippen LogP contribution in [0.15, 0.2) is 30.3 Å². The van der Waals surface area contributed by atoms with E-state index < -0.39 is 0 Å². The van der Waals surface area contributed by atoms with Gasteiger partial charge in [-0.05, 0) is 51.3 Å². The second-order valence-electron chi connectivity index (χ2n) is 7.67. The summed E-state index contributed by atoms with van der Waals surface area (Å²) in [6, 6.07) is 10.8. The Morgan fingerprint density at radius 1 is 1.15 bits per heavy atom. The maximum atomic E-state index is 5.21. The topological polar surface area (TPSA) is 43.2 Å². The molecular formula is C21H30N4O. The highest BCUT2D eigenvalue weighted by atomic mass is 16.5. The van der Waals surface area contributed by atoms with E-state index in [-0.39, 0.29) is 5.41 Å². The van der Waals surface area contributed by atoms with Crippen LogP contribution in [-0.2, 0) is 16.7 Å². The number of methoxy groups -OCH3 is 1. The van der Waals surface area contributed by atoms with Gasteiger partial charge in [-0.25, -0.2) is 9.67 Å². The van der Waals surface area contributed by atoms with Crippen molar-refractivity contribution in [2.24, 2.45) is 0 Å². The predicted octanol–water partition coefficient (Wildman–Crippen LogP) is 3.20. The van der Waals surface area contributed by atoms with Crippen molar-refractivity contribution >= 4 is 0 Å². The summed E-state index contributed by atoms with van der Waals surface area (Å²) in [4.78, 5) is 7.61. The zero-order chi connectivity index (χ0) is 18.0. The molecule has 1 saturated carbocycles. The van der Waals surface area contributed by atoms with Crippen LogP contribution in [0, 0.1) is 0 Å². The summed E-state index contributed by atoms with van der Waals surface area (Å²) >= 11 is 0. The van der Waals surface area contributed by atoms with Crippen molar-refractivity contribution in [3.63, 3.8) is 0 Å². The molecule has 1 aromatic carbocycles. The molecule has 2 fully saturated rings. The fourth-order valence-corrected chi connectivity index (χ4v) is 4.25. The molecular weight excluding hydrogens is 324 g/mol. The first kappa shape index (κ1) is 17.7. The number of piperidine rings is 1. The molecule has 0 spiro atoms. The van der Waals surface area contributed by atoms with Gasteiger partial charge in [-0.2, -0.15) is 5.10 Å². The minimum absolute atomic E-state index is 0.0651. The molecule has 1 saturated heterocycles. The number of aromatic nitrogens is 3. The van der Waals surface area contributed by atoms with E-state index in [1.807, 2.05) is 0 Å². The molecule has 140 valence electrons. The van der Waals surface area contributed by atoms with Gasteiger partial charge in [-0.3, -0.25) is 0 Å². The zero-order valence-electron chi connectivity index (χ0n) is 16.0. The molecule has 0 bridgehead atoms. The molecule has 2 heterocycles. The molecule has 0 amide bonds. The minimum Gasteiger partial charge on any atom is -0.383 e.